The summed E-state index contributed by atoms with van der Waals surface area (Å²) in [5.41, 5.74) is 11.7. The first-order valence-corrected chi connectivity index (χ1v) is 14.5. The highest BCUT2D eigenvalue weighted by Crippen LogP contribution is 2.32. The molecular formula is C35H38N6. The SMILES string of the molecule is Cc1cccc(C)c1N1C(CN2CCN(CC=Cc3ccccc3)CC2)=NNN1c1ccc(-c2ccccc2)cc1. The lowest BCUT2D eigenvalue weighted by Gasteiger charge is -2.37. The Morgan fingerprint density at radius 3 is 1.98 bits per heavy atom. The van der Waals surface area contributed by atoms with Gasteiger partial charge in [-0.2, -0.15) is 10.7 Å². The fourth-order valence-corrected chi connectivity index (χ4v) is 5.61. The molecule has 41 heavy (non-hydrogen) atoms. The van der Waals surface area contributed by atoms with Crippen LogP contribution < -0.4 is 15.7 Å². The lowest BCUT2D eigenvalue weighted by molar-refractivity contribution is 0.157. The number of hydrogen-bond donors (Lipinski definition) is 1. The van der Waals surface area contributed by atoms with Crippen LogP contribution in [0.1, 0.15) is 16.7 Å². The summed E-state index contributed by atoms with van der Waals surface area (Å²) in [6.45, 7) is 10.3. The second kappa shape index (κ2) is 12.4. The van der Waals surface area contributed by atoms with Gasteiger partial charge in [0.15, 0.2) is 5.84 Å². The molecule has 2 heterocycles. The summed E-state index contributed by atoms with van der Waals surface area (Å²) in [6.07, 6.45) is 4.49. The fraction of sp³-hybridized carbons (Fsp3) is 0.229. The predicted molar refractivity (Wildman–Crippen MR) is 172 cm³/mol. The van der Waals surface area contributed by atoms with Gasteiger partial charge in [-0.05, 0) is 53.8 Å². The molecule has 4 aromatic rings. The summed E-state index contributed by atoms with van der Waals surface area (Å²) < 4.78 is 0. The highest BCUT2D eigenvalue weighted by atomic mass is 15.9. The van der Waals surface area contributed by atoms with Crippen molar-refractivity contribution in [1.29, 1.82) is 0 Å². The van der Waals surface area contributed by atoms with Crippen molar-refractivity contribution in [3.05, 3.63) is 126 Å². The first kappa shape index (κ1) is 26.8. The molecule has 0 saturated carbocycles. The molecule has 6 nitrogen and oxygen atoms in total. The molecule has 1 saturated heterocycles. The molecule has 0 amide bonds. The van der Waals surface area contributed by atoms with Gasteiger partial charge in [-0.3, -0.25) is 9.80 Å². The van der Waals surface area contributed by atoms with Crippen LogP contribution in [0.2, 0.25) is 0 Å². The molecule has 0 atom stereocenters. The third-order valence-electron chi connectivity index (χ3n) is 7.89. The number of nitrogens with zero attached hydrogens (tertiary/aromatic N) is 5. The number of aryl methyl sites for hydroxylation is 2. The number of anilines is 2. The Morgan fingerprint density at radius 1 is 0.683 bits per heavy atom. The van der Waals surface area contributed by atoms with E-state index in [-0.39, 0.29) is 0 Å². The van der Waals surface area contributed by atoms with Crippen molar-refractivity contribution in [1.82, 2.24) is 15.3 Å². The summed E-state index contributed by atoms with van der Waals surface area (Å²) in [4.78, 5) is 5.04. The van der Waals surface area contributed by atoms with Gasteiger partial charge in [0.2, 0.25) is 0 Å². The second-order valence-corrected chi connectivity index (χ2v) is 10.8. The third kappa shape index (κ3) is 6.19. The Hall–Kier alpha value is -4.39. The molecule has 0 radical (unpaired) electrons. The number of para-hydroxylation sites is 1. The van der Waals surface area contributed by atoms with Crippen molar-refractivity contribution in [2.45, 2.75) is 13.8 Å². The average Bonchev–Trinajstić information content (AvgIpc) is 3.42. The molecule has 4 aromatic carbocycles. The van der Waals surface area contributed by atoms with Gasteiger partial charge in [-0.15, -0.1) is 5.10 Å². The number of rotatable bonds is 8. The normalized spacial score (nSPS) is 16.3. The molecule has 0 bridgehead atoms. The summed E-state index contributed by atoms with van der Waals surface area (Å²) in [5, 5.41) is 9.20. The Balaban J connectivity index is 1.15. The molecule has 0 aromatic heterocycles. The van der Waals surface area contributed by atoms with Gasteiger partial charge >= 0.3 is 0 Å². The van der Waals surface area contributed by atoms with Crippen molar-refractivity contribution < 1.29 is 0 Å². The summed E-state index contributed by atoms with van der Waals surface area (Å²) in [6, 6.07) is 36.2. The van der Waals surface area contributed by atoms with E-state index in [1.165, 1.54) is 33.5 Å². The van der Waals surface area contributed by atoms with Crippen LogP contribution in [0.4, 0.5) is 11.4 Å². The van der Waals surface area contributed by atoms with E-state index in [4.69, 9.17) is 5.10 Å². The Bertz CT molecular complexity index is 1470. The van der Waals surface area contributed by atoms with E-state index in [9.17, 15) is 0 Å². The lowest BCUT2D eigenvalue weighted by atomic mass is 10.1. The van der Waals surface area contributed by atoms with Gasteiger partial charge in [0.05, 0.1) is 17.9 Å². The first-order chi connectivity index (χ1) is 20.2. The molecule has 0 aliphatic carbocycles. The molecule has 0 spiro atoms. The number of hydrazone groups is 1. The Kier molecular flexibility index (Phi) is 8.12. The third-order valence-corrected chi connectivity index (χ3v) is 7.89. The average molecular weight is 543 g/mol. The molecule has 6 rings (SSSR count). The van der Waals surface area contributed by atoms with Gasteiger partial charge in [0.1, 0.15) is 0 Å². The van der Waals surface area contributed by atoms with E-state index in [0.717, 1.165) is 50.8 Å². The van der Waals surface area contributed by atoms with Crippen molar-refractivity contribution >= 4 is 23.3 Å². The minimum atomic E-state index is 0.785. The molecule has 2 aliphatic heterocycles. The van der Waals surface area contributed by atoms with Gasteiger partial charge in [-0.25, -0.2) is 5.01 Å². The number of hydrogen-bond acceptors (Lipinski definition) is 6. The van der Waals surface area contributed by atoms with Gasteiger partial charge in [-0.1, -0.05) is 103 Å². The van der Waals surface area contributed by atoms with E-state index in [0.29, 0.717) is 0 Å². The molecule has 2 aliphatic rings. The quantitative estimate of drug-likeness (QED) is 0.280. The summed E-state index contributed by atoms with van der Waals surface area (Å²) >= 11 is 0. The van der Waals surface area contributed by atoms with E-state index < -0.39 is 0 Å². The number of benzene rings is 4. The standard InChI is InChI=1S/C35H38N6/c1-28-11-9-12-29(2)35(28)40-34(27-39-25-23-38(24-26-39)22-10-15-30-13-5-3-6-14-30)36-37-41(40)33-20-18-32(19-21-33)31-16-7-4-8-17-31/h3-21,37H,22-27H2,1-2H3. The van der Waals surface area contributed by atoms with Gasteiger partial charge in [0.25, 0.3) is 0 Å². The number of hydrazine groups is 2. The smallest absolute Gasteiger partial charge is 0.166 e. The Morgan fingerprint density at radius 2 is 1.29 bits per heavy atom. The van der Waals surface area contributed by atoms with Crippen LogP contribution in [-0.4, -0.2) is 54.9 Å². The second-order valence-electron chi connectivity index (χ2n) is 10.8. The molecule has 1 N–H and O–H groups in total. The van der Waals surface area contributed by atoms with Gasteiger partial charge < -0.3 is 0 Å². The van der Waals surface area contributed by atoms with E-state index in [2.05, 4.69) is 155 Å². The summed E-state index contributed by atoms with van der Waals surface area (Å²) in [7, 11) is 0. The van der Waals surface area contributed by atoms with Crippen LogP contribution in [0.15, 0.2) is 114 Å². The zero-order valence-corrected chi connectivity index (χ0v) is 23.9. The zero-order chi connectivity index (χ0) is 28.0. The molecule has 6 heteroatoms. The number of nitrogens with one attached hydrogen (secondary N) is 1. The monoisotopic (exact) mass is 542 g/mol. The van der Waals surface area contributed by atoms with E-state index >= 15 is 0 Å². The Labute approximate surface area is 243 Å². The maximum Gasteiger partial charge on any atom is 0.166 e. The van der Waals surface area contributed by atoms with Crippen molar-refractivity contribution in [3.8, 4) is 11.1 Å². The summed E-state index contributed by atoms with van der Waals surface area (Å²) in [5.74, 6) is 1.01. The maximum atomic E-state index is 4.86. The number of amidine groups is 1. The molecule has 1 fully saturated rings. The minimum absolute atomic E-state index is 0.785. The number of piperazine rings is 1. The first-order valence-electron chi connectivity index (χ1n) is 14.5. The topological polar surface area (TPSA) is 37.4 Å². The van der Waals surface area contributed by atoms with Crippen molar-refractivity contribution in [2.75, 3.05) is 49.4 Å². The van der Waals surface area contributed by atoms with E-state index in [1.54, 1.807) is 0 Å². The van der Waals surface area contributed by atoms with Crippen LogP contribution in [-0.2, 0) is 0 Å². The van der Waals surface area contributed by atoms with Crippen LogP contribution in [0, 0.1) is 13.8 Å². The lowest BCUT2D eigenvalue weighted by Crippen LogP contribution is -2.52. The predicted octanol–water partition coefficient (Wildman–Crippen LogP) is 6.36. The van der Waals surface area contributed by atoms with Crippen LogP contribution in [0.5, 0.6) is 0 Å². The van der Waals surface area contributed by atoms with Crippen LogP contribution in [0.3, 0.4) is 0 Å². The molecular weight excluding hydrogens is 504 g/mol. The molecule has 208 valence electrons. The van der Waals surface area contributed by atoms with E-state index in [1.807, 2.05) is 0 Å². The van der Waals surface area contributed by atoms with Crippen molar-refractivity contribution in [3.63, 3.8) is 0 Å². The minimum Gasteiger partial charge on any atom is -0.297 e. The largest absolute Gasteiger partial charge is 0.297 e. The van der Waals surface area contributed by atoms with Crippen LogP contribution >= 0.6 is 0 Å². The van der Waals surface area contributed by atoms with Gasteiger partial charge in [0, 0.05) is 32.7 Å². The van der Waals surface area contributed by atoms with Crippen molar-refractivity contribution in [2.24, 2.45) is 5.10 Å². The molecule has 0 unspecified atom stereocenters. The van der Waals surface area contributed by atoms with Crippen LogP contribution in [0.25, 0.3) is 17.2 Å². The highest BCUT2D eigenvalue weighted by Gasteiger charge is 2.32. The fourth-order valence-electron chi connectivity index (χ4n) is 5.61. The zero-order valence-electron chi connectivity index (χ0n) is 23.9. The maximum absolute atomic E-state index is 4.86. The highest BCUT2D eigenvalue weighted by molar-refractivity contribution is 6.03.